The van der Waals surface area contributed by atoms with Crippen molar-refractivity contribution < 1.29 is 23.8 Å². The molecule has 1 saturated carbocycles. The largest absolute Gasteiger partial charge is 0.485 e. The zero-order valence-corrected chi connectivity index (χ0v) is 32.9. The molecule has 2 aliphatic heterocycles. The van der Waals surface area contributed by atoms with Crippen LogP contribution in [0.2, 0.25) is 15.1 Å². The molecule has 6 rings (SSSR count). The van der Waals surface area contributed by atoms with Gasteiger partial charge in [-0.3, -0.25) is 4.79 Å². The average molecular weight is 772 g/mol. The fourth-order valence-corrected chi connectivity index (χ4v) is 8.05. The Kier molecular flexibility index (Phi) is 12.1. The van der Waals surface area contributed by atoms with Gasteiger partial charge in [0.15, 0.2) is 5.75 Å². The van der Waals surface area contributed by atoms with E-state index < -0.39 is 17.6 Å². The van der Waals surface area contributed by atoms with Gasteiger partial charge in [-0.15, -0.1) is 0 Å². The molecule has 0 N–H and O–H groups in total. The number of pyridine rings is 1. The number of benzene rings is 2. The van der Waals surface area contributed by atoms with Crippen molar-refractivity contribution in [3.8, 4) is 5.75 Å². The van der Waals surface area contributed by atoms with E-state index in [1.807, 2.05) is 69.1 Å². The maximum Gasteiger partial charge on any atom is 0.410 e. The average Bonchev–Trinajstić information content (AvgIpc) is 3.84. The number of methoxy groups -OCH3 is 1. The quantitative estimate of drug-likeness (QED) is 0.193. The van der Waals surface area contributed by atoms with E-state index in [0.717, 1.165) is 60.3 Å². The summed E-state index contributed by atoms with van der Waals surface area (Å²) in [6.45, 7) is 10.7. The Hall–Kier alpha value is -3.24. The van der Waals surface area contributed by atoms with Crippen molar-refractivity contribution in [3.05, 3.63) is 86.0 Å². The zero-order chi connectivity index (χ0) is 37.2. The molecule has 3 heterocycles. The van der Waals surface area contributed by atoms with Crippen LogP contribution in [0.3, 0.4) is 0 Å². The molecule has 1 aliphatic carbocycles. The number of hydrogen-bond acceptors (Lipinski definition) is 7. The predicted octanol–water partition coefficient (Wildman–Crippen LogP) is 8.73. The summed E-state index contributed by atoms with van der Waals surface area (Å²) >= 11 is 19.6. The van der Waals surface area contributed by atoms with Crippen LogP contribution in [-0.4, -0.2) is 84.4 Å². The van der Waals surface area contributed by atoms with Crippen molar-refractivity contribution in [1.82, 2.24) is 14.8 Å². The van der Waals surface area contributed by atoms with Gasteiger partial charge in [-0.2, -0.15) is 0 Å². The van der Waals surface area contributed by atoms with E-state index in [9.17, 15) is 9.59 Å². The van der Waals surface area contributed by atoms with Gasteiger partial charge in [0.25, 0.3) is 0 Å². The predicted molar refractivity (Wildman–Crippen MR) is 206 cm³/mol. The SMILES string of the molecule is COCCc1ccc(Cl)c(CN(C(=O)C2CN(C(=O)OC(C)(C)C)CCC2c2ccc(N3CC[C@@H](Oc4c(Cl)cc(C)cc4Cl)C3)nc2)C2CC2)c1. The standard InChI is InChI=1S/C40H49Cl3N4O5/c1-25-18-34(42)37(35(43)19-25)51-30-12-15-45(23-30)36-11-7-27(21-44-36)31-13-16-46(39(49)52-40(2,3)4)24-32(31)38(48)47(29-8-9-29)22-28-20-26(14-17-50-5)6-10-33(28)41/h6-7,10-11,18-21,29-32H,8-9,12-17,22-24H2,1-5H3/t30-,31?,32?/m1/s1. The molecule has 52 heavy (non-hydrogen) atoms. The number of carbonyl (C=O) groups excluding carboxylic acids is 2. The molecule has 2 aromatic carbocycles. The fourth-order valence-electron chi connectivity index (χ4n) is 7.19. The third-order valence-corrected chi connectivity index (χ3v) is 10.9. The maximum absolute atomic E-state index is 14.7. The molecule has 0 spiro atoms. The zero-order valence-electron chi connectivity index (χ0n) is 30.7. The minimum atomic E-state index is -0.643. The van der Waals surface area contributed by atoms with Crippen molar-refractivity contribution in [3.63, 3.8) is 0 Å². The summed E-state index contributed by atoms with van der Waals surface area (Å²) in [5.41, 5.74) is 3.34. The van der Waals surface area contributed by atoms with E-state index in [1.165, 1.54) is 0 Å². The van der Waals surface area contributed by atoms with Gasteiger partial charge >= 0.3 is 6.09 Å². The lowest BCUT2D eigenvalue weighted by Gasteiger charge is -2.40. The second-order valence-corrected chi connectivity index (χ2v) is 16.5. The van der Waals surface area contributed by atoms with Crippen molar-refractivity contribution in [2.75, 3.05) is 44.8 Å². The van der Waals surface area contributed by atoms with Gasteiger partial charge in [0, 0.05) is 62.9 Å². The number of anilines is 1. The molecule has 0 bridgehead atoms. The molecule has 3 aromatic rings. The molecule has 3 fully saturated rings. The van der Waals surface area contributed by atoms with Crippen LogP contribution in [0.1, 0.15) is 74.6 Å². The Morgan fingerprint density at radius 2 is 1.69 bits per heavy atom. The minimum absolute atomic E-state index is 0.0242. The second-order valence-electron chi connectivity index (χ2n) is 15.3. The van der Waals surface area contributed by atoms with Crippen molar-refractivity contribution >= 4 is 52.6 Å². The van der Waals surface area contributed by atoms with E-state index in [1.54, 1.807) is 12.0 Å². The summed E-state index contributed by atoms with van der Waals surface area (Å²) in [6, 6.07) is 13.9. The Bertz CT molecular complexity index is 1720. The molecule has 3 atom stereocenters. The Morgan fingerprint density at radius 3 is 2.35 bits per heavy atom. The monoisotopic (exact) mass is 770 g/mol. The Morgan fingerprint density at radius 1 is 0.942 bits per heavy atom. The summed E-state index contributed by atoms with van der Waals surface area (Å²) in [5, 5.41) is 1.65. The molecular formula is C40H49Cl3N4O5. The van der Waals surface area contributed by atoms with E-state index in [4.69, 9.17) is 54.0 Å². The van der Waals surface area contributed by atoms with Gasteiger partial charge in [0.05, 0.1) is 29.1 Å². The molecule has 1 aromatic heterocycles. The van der Waals surface area contributed by atoms with E-state index in [2.05, 4.69) is 17.0 Å². The molecule has 280 valence electrons. The van der Waals surface area contributed by atoms with Crippen molar-refractivity contribution in [2.24, 2.45) is 5.92 Å². The molecule has 3 aliphatic rings. The number of hydrogen-bond donors (Lipinski definition) is 0. The van der Waals surface area contributed by atoms with Crippen LogP contribution in [0.4, 0.5) is 10.6 Å². The maximum atomic E-state index is 14.7. The molecule has 0 radical (unpaired) electrons. The van der Waals surface area contributed by atoms with Gasteiger partial charge in [-0.25, -0.2) is 9.78 Å². The number of halogens is 3. The van der Waals surface area contributed by atoms with Crippen molar-refractivity contribution in [1.29, 1.82) is 0 Å². The molecule has 9 nitrogen and oxygen atoms in total. The van der Waals surface area contributed by atoms with Gasteiger partial charge < -0.3 is 28.9 Å². The van der Waals surface area contributed by atoms with Gasteiger partial charge in [0.2, 0.25) is 5.91 Å². The van der Waals surface area contributed by atoms with Crippen molar-refractivity contribution in [2.45, 2.75) is 90.0 Å². The number of nitrogens with zero attached hydrogens (tertiary/aromatic N) is 4. The molecule has 2 unspecified atom stereocenters. The number of likely N-dealkylation sites (tertiary alicyclic amines) is 1. The van der Waals surface area contributed by atoms with Crippen LogP contribution in [0.5, 0.6) is 5.75 Å². The van der Waals surface area contributed by atoms with E-state index in [0.29, 0.717) is 53.5 Å². The Balaban J connectivity index is 1.20. The first-order chi connectivity index (χ1) is 24.8. The highest BCUT2D eigenvalue weighted by molar-refractivity contribution is 6.37. The topological polar surface area (TPSA) is 84.4 Å². The number of aromatic nitrogens is 1. The normalized spacial score (nSPS) is 20.6. The molecular weight excluding hydrogens is 723 g/mol. The van der Waals surface area contributed by atoms with E-state index >= 15 is 0 Å². The molecule has 2 saturated heterocycles. The smallest absolute Gasteiger partial charge is 0.410 e. The summed E-state index contributed by atoms with van der Waals surface area (Å²) in [5.74, 6) is 0.777. The second kappa shape index (κ2) is 16.4. The number of rotatable bonds is 11. The van der Waals surface area contributed by atoms with Crippen LogP contribution < -0.4 is 9.64 Å². The number of piperidine rings is 1. The number of amides is 2. The fraction of sp³-hybridized carbons (Fsp3) is 0.525. The van der Waals surface area contributed by atoms with Crippen LogP contribution in [0.15, 0.2) is 48.7 Å². The highest BCUT2D eigenvalue weighted by Crippen LogP contribution is 2.40. The van der Waals surface area contributed by atoms with Gasteiger partial charge in [0.1, 0.15) is 17.5 Å². The third-order valence-electron chi connectivity index (χ3n) is 9.99. The van der Waals surface area contributed by atoms with E-state index in [-0.39, 0.29) is 30.5 Å². The first kappa shape index (κ1) is 38.5. The third kappa shape index (κ3) is 9.46. The minimum Gasteiger partial charge on any atom is -0.485 e. The summed E-state index contributed by atoms with van der Waals surface area (Å²) in [7, 11) is 1.69. The Labute approximate surface area is 322 Å². The summed E-state index contributed by atoms with van der Waals surface area (Å²) in [6.07, 6.45) is 5.47. The summed E-state index contributed by atoms with van der Waals surface area (Å²) in [4.78, 5) is 38.8. The van der Waals surface area contributed by atoms with Gasteiger partial charge in [-0.05, 0) is 99.9 Å². The van der Waals surface area contributed by atoms with Crippen LogP contribution in [0.25, 0.3) is 0 Å². The first-order valence-corrected chi connectivity index (χ1v) is 19.3. The van der Waals surface area contributed by atoms with Crippen LogP contribution >= 0.6 is 34.8 Å². The van der Waals surface area contributed by atoms with Crippen LogP contribution in [-0.2, 0) is 27.2 Å². The summed E-state index contributed by atoms with van der Waals surface area (Å²) < 4.78 is 17.3. The first-order valence-electron chi connectivity index (χ1n) is 18.2. The number of aryl methyl sites for hydroxylation is 1. The van der Waals surface area contributed by atoms with Crippen LogP contribution in [0, 0.1) is 12.8 Å². The number of carbonyl (C=O) groups is 2. The lowest BCUT2D eigenvalue weighted by atomic mass is 9.80. The highest BCUT2D eigenvalue weighted by Gasteiger charge is 2.43. The lowest BCUT2D eigenvalue weighted by molar-refractivity contribution is -0.139. The van der Waals surface area contributed by atoms with Gasteiger partial charge in [-0.1, -0.05) is 53.0 Å². The number of ether oxygens (including phenoxy) is 3. The molecule has 12 heteroatoms. The lowest BCUT2D eigenvalue weighted by Crippen LogP contribution is -2.51. The molecule has 2 amide bonds. The highest BCUT2D eigenvalue weighted by atomic mass is 35.5.